The van der Waals surface area contributed by atoms with Crippen molar-refractivity contribution in [3.05, 3.63) is 70.5 Å². The van der Waals surface area contributed by atoms with Crippen molar-refractivity contribution in [1.82, 2.24) is 19.9 Å². The van der Waals surface area contributed by atoms with Gasteiger partial charge >= 0.3 is 0 Å². The molecule has 0 amide bonds. The van der Waals surface area contributed by atoms with E-state index >= 15 is 0 Å². The van der Waals surface area contributed by atoms with Gasteiger partial charge in [0.2, 0.25) is 5.95 Å². The zero-order chi connectivity index (χ0) is 23.2. The van der Waals surface area contributed by atoms with Gasteiger partial charge in [0.1, 0.15) is 5.01 Å². The molecule has 5 rings (SSSR count). The summed E-state index contributed by atoms with van der Waals surface area (Å²) >= 11 is 1.63. The monoisotopic (exact) mass is 478 g/mol. The van der Waals surface area contributed by atoms with E-state index < -0.39 is 5.82 Å². The first-order valence-electron chi connectivity index (χ1n) is 10.9. The van der Waals surface area contributed by atoms with Gasteiger partial charge in [0.15, 0.2) is 11.6 Å². The number of aromatic nitrogens is 4. The van der Waals surface area contributed by atoms with Crippen LogP contribution in [0.1, 0.15) is 23.5 Å². The van der Waals surface area contributed by atoms with Gasteiger partial charge in [-0.1, -0.05) is 6.08 Å². The molecule has 174 valence electrons. The molecule has 0 aromatic carbocycles. The lowest BCUT2D eigenvalue weighted by atomic mass is 10.0. The number of allylic oxidation sites excluding steroid dienone is 4. The summed E-state index contributed by atoms with van der Waals surface area (Å²) in [4.78, 5) is 18.8. The van der Waals surface area contributed by atoms with Gasteiger partial charge in [-0.2, -0.15) is 10.1 Å². The summed E-state index contributed by atoms with van der Waals surface area (Å²) < 4.78 is 19.5. The summed E-state index contributed by atoms with van der Waals surface area (Å²) in [6.45, 7) is 2.25. The Morgan fingerprint density at radius 3 is 2.85 bits per heavy atom. The number of anilines is 3. The fourth-order valence-corrected chi connectivity index (χ4v) is 4.27. The average Bonchev–Trinajstić information content (AvgIpc) is 3.42. The summed E-state index contributed by atoms with van der Waals surface area (Å²) in [7, 11) is 0. The minimum atomic E-state index is -0.469. The predicted molar refractivity (Wildman–Crippen MR) is 132 cm³/mol. The third-order valence-electron chi connectivity index (χ3n) is 5.28. The molecule has 1 aliphatic carbocycles. The maximum Gasteiger partial charge on any atom is 0.245 e. The van der Waals surface area contributed by atoms with Crippen LogP contribution in [0.25, 0.3) is 5.57 Å². The Balaban J connectivity index is 1.19. The predicted octanol–water partition coefficient (Wildman–Crippen LogP) is 3.92. The van der Waals surface area contributed by atoms with Crippen LogP contribution in [0.5, 0.6) is 0 Å². The number of thiazole rings is 1. The second-order valence-electron chi connectivity index (χ2n) is 7.64. The number of hydrazone groups is 1. The fourth-order valence-electron chi connectivity index (χ4n) is 3.62. The Labute approximate surface area is 200 Å². The van der Waals surface area contributed by atoms with E-state index in [0.29, 0.717) is 32.0 Å². The number of pyridine rings is 1. The first-order chi connectivity index (χ1) is 16.7. The van der Waals surface area contributed by atoms with E-state index in [9.17, 15) is 4.39 Å². The largest absolute Gasteiger partial charge is 0.378 e. The van der Waals surface area contributed by atoms with Crippen molar-refractivity contribution >= 4 is 40.6 Å². The van der Waals surface area contributed by atoms with Crippen LogP contribution in [0.15, 0.2) is 59.1 Å². The minimum absolute atomic E-state index is 0.214. The van der Waals surface area contributed by atoms with E-state index in [1.807, 2.05) is 28.6 Å². The lowest BCUT2D eigenvalue weighted by Gasteiger charge is -2.27. The maximum atomic E-state index is 14.1. The molecule has 11 heteroatoms. The van der Waals surface area contributed by atoms with Crippen LogP contribution < -0.4 is 15.6 Å². The highest BCUT2D eigenvalue weighted by Gasteiger charge is 2.17. The molecular weight excluding hydrogens is 455 g/mol. The van der Waals surface area contributed by atoms with Gasteiger partial charge in [0.05, 0.1) is 43.2 Å². The van der Waals surface area contributed by atoms with Crippen molar-refractivity contribution in [2.45, 2.75) is 12.8 Å². The zero-order valence-electron chi connectivity index (χ0n) is 18.3. The zero-order valence-corrected chi connectivity index (χ0v) is 19.1. The van der Waals surface area contributed by atoms with E-state index in [-0.39, 0.29) is 11.8 Å². The molecule has 0 radical (unpaired) electrons. The van der Waals surface area contributed by atoms with Crippen molar-refractivity contribution < 1.29 is 9.13 Å². The molecule has 2 N–H and O–H groups in total. The molecular formula is C23H23FN8OS. The van der Waals surface area contributed by atoms with Gasteiger partial charge in [-0.25, -0.2) is 19.8 Å². The number of morpholine rings is 1. The van der Waals surface area contributed by atoms with E-state index in [1.165, 1.54) is 0 Å². The van der Waals surface area contributed by atoms with Gasteiger partial charge in [0, 0.05) is 35.9 Å². The average molecular weight is 479 g/mol. The molecule has 3 aromatic heterocycles. The van der Waals surface area contributed by atoms with E-state index in [2.05, 4.69) is 47.9 Å². The Morgan fingerprint density at radius 2 is 2.06 bits per heavy atom. The van der Waals surface area contributed by atoms with Crippen LogP contribution in [0.3, 0.4) is 0 Å². The molecule has 0 saturated carbocycles. The molecule has 0 atom stereocenters. The lowest BCUT2D eigenvalue weighted by Crippen LogP contribution is -2.37. The number of nitrogens with zero attached hydrogens (tertiary/aromatic N) is 6. The number of hydrogen-bond donors (Lipinski definition) is 2. The molecule has 2 aliphatic rings. The molecule has 1 aliphatic heterocycles. The van der Waals surface area contributed by atoms with Crippen LogP contribution >= 0.6 is 11.3 Å². The molecule has 0 unspecified atom stereocenters. The van der Waals surface area contributed by atoms with E-state index in [0.717, 1.165) is 41.0 Å². The summed E-state index contributed by atoms with van der Waals surface area (Å²) in [6.07, 6.45) is 12.5. The molecule has 3 aromatic rings. The molecule has 4 heterocycles. The summed E-state index contributed by atoms with van der Waals surface area (Å²) in [6, 6.07) is 3.81. The quantitative estimate of drug-likeness (QED) is 0.389. The third-order valence-corrected chi connectivity index (χ3v) is 6.10. The molecule has 9 nitrogen and oxygen atoms in total. The Kier molecular flexibility index (Phi) is 6.82. The fraction of sp³-hybridized carbons (Fsp3) is 0.261. The van der Waals surface area contributed by atoms with Crippen LogP contribution in [0.4, 0.5) is 21.8 Å². The molecule has 1 saturated heterocycles. The van der Waals surface area contributed by atoms with Gasteiger partial charge in [-0.05, 0) is 31.1 Å². The Morgan fingerprint density at radius 1 is 1.15 bits per heavy atom. The first-order valence-corrected chi connectivity index (χ1v) is 11.8. The Hall–Kier alpha value is -3.70. The number of halogens is 1. The molecule has 34 heavy (non-hydrogen) atoms. The summed E-state index contributed by atoms with van der Waals surface area (Å²) in [5.74, 6) is -0.0104. The number of ether oxygens (including phenoxy) is 1. The minimum Gasteiger partial charge on any atom is -0.378 e. The van der Waals surface area contributed by atoms with Crippen LogP contribution in [-0.2, 0) is 4.74 Å². The van der Waals surface area contributed by atoms with Crippen molar-refractivity contribution in [3.63, 3.8) is 0 Å². The molecule has 0 bridgehead atoms. The second kappa shape index (κ2) is 10.5. The third kappa shape index (κ3) is 5.43. The van der Waals surface area contributed by atoms with Crippen molar-refractivity contribution in [2.75, 3.05) is 41.9 Å². The van der Waals surface area contributed by atoms with Gasteiger partial charge in [0.25, 0.3) is 0 Å². The van der Waals surface area contributed by atoms with Crippen LogP contribution in [0.2, 0.25) is 0 Å². The lowest BCUT2D eigenvalue weighted by molar-refractivity contribution is 0.122. The smallest absolute Gasteiger partial charge is 0.245 e. The highest BCUT2D eigenvalue weighted by molar-refractivity contribution is 7.10. The Bertz CT molecular complexity index is 1200. The van der Waals surface area contributed by atoms with E-state index in [4.69, 9.17) is 4.74 Å². The maximum absolute atomic E-state index is 14.1. The van der Waals surface area contributed by atoms with Gasteiger partial charge in [-0.15, -0.1) is 11.3 Å². The van der Waals surface area contributed by atoms with Gasteiger partial charge in [-0.3, -0.25) is 4.98 Å². The van der Waals surface area contributed by atoms with Crippen molar-refractivity contribution in [2.24, 2.45) is 5.10 Å². The second-order valence-corrected chi connectivity index (χ2v) is 8.53. The van der Waals surface area contributed by atoms with Crippen LogP contribution in [-0.4, -0.2) is 52.5 Å². The normalized spacial score (nSPS) is 16.3. The topological polar surface area (TPSA) is 100 Å². The highest BCUT2D eigenvalue weighted by Crippen LogP contribution is 2.27. The molecule has 0 spiro atoms. The summed E-state index contributed by atoms with van der Waals surface area (Å²) in [5.41, 5.74) is 6.58. The first kappa shape index (κ1) is 22.1. The SMILES string of the molecule is Fc1cnc(N/N=C/c2ccc(NC3=CC(c4nccs4)=CCC3)cn2)nc1N1CCOCC1. The van der Waals surface area contributed by atoms with E-state index in [1.54, 1.807) is 23.7 Å². The number of nitrogens with one attached hydrogen (secondary N) is 2. The van der Waals surface area contributed by atoms with Crippen molar-refractivity contribution in [1.29, 1.82) is 0 Å². The summed E-state index contributed by atoms with van der Waals surface area (Å²) in [5, 5.41) is 10.6. The highest BCUT2D eigenvalue weighted by atomic mass is 32.1. The van der Waals surface area contributed by atoms with Crippen molar-refractivity contribution in [3.8, 4) is 0 Å². The van der Waals surface area contributed by atoms with Crippen LogP contribution in [0, 0.1) is 5.82 Å². The standard InChI is InChI=1S/C23H23FN8OS/c24-20-15-27-23(30-21(20)32-7-9-33-10-8-32)31-28-14-18-4-5-19(13-26-18)29-17-3-1-2-16(12-17)22-25-6-11-34-22/h2,4-6,11-15,29H,1,3,7-10H2,(H,27,30,31)/b28-14+. The van der Waals surface area contributed by atoms with Gasteiger partial charge < -0.3 is 15.0 Å². The molecule has 1 fully saturated rings. The number of hydrogen-bond acceptors (Lipinski definition) is 10. The number of rotatable bonds is 7.